The van der Waals surface area contributed by atoms with Crippen molar-refractivity contribution in [3.8, 4) is 11.5 Å². The van der Waals surface area contributed by atoms with E-state index in [1.807, 2.05) is 13.0 Å². The Bertz CT molecular complexity index is 744. The monoisotopic (exact) mass is 343 g/mol. The summed E-state index contributed by atoms with van der Waals surface area (Å²) in [6, 6.07) is 13.9. The highest BCUT2D eigenvalue weighted by Gasteiger charge is 2.14. The van der Waals surface area contributed by atoms with Gasteiger partial charge in [-0.1, -0.05) is 24.3 Å². The minimum Gasteiger partial charge on any atom is -0.490 e. The Morgan fingerprint density at radius 1 is 1.08 bits per heavy atom. The maximum absolute atomic E-state index is 12.1. The topological polar surface area (TPSA) is 84.9 Å². The van der Waals surface area contributed by atoms with Crippen molar-refractivity contribution in [1.29, 1.82) is 0 Å². The number of ether oxygens (including phenoxy) is 2. The maximum atomic E-state index is 12.1. The molecule has 2 aromatic rings. The quantitative estimate of drug-likeness (QED) is 0.768. The largest absolute Gasteiger partial charge is 0.490 e. The van der Waals surface area contributed by atoms with Gasteiger partial charge in [0, 0.05) is 5.69 Å². The lowest BCUT2D eigenvalue weighted by Gasteiger charge is -2.12. The molecule has 1 unspecified atom stereocenters. The molecule has 6 heteroatoms. The lowest BCUT2D eigenvalue weighted by atomic mass is 10.0. The van der Waals surface area contributed by atoms with Crippen LogP contribution in [0.25, 0.3) is 0 Å². The SMILES string of the molecule is CCOc1ccccc1OCC(=O)Nc1cccc(C(C)C(=O)O)c1. The summed E-state index contributed by atoms with van der Waals surface area (Å²) in [4.78, 5) is 23.1. The van der Waals surface area contributed by atoms with Gasteiger partial charge in [-0.3, -0.25) is 9.59 Å². The number of hydrogen-bond acceptors (Lipinski definition) is 4. The molecule has 0 saturated carbocycles. The average molecular weight is 343 g/mol. The molecule has 0 heterocycles. The predicted molar refractivity (Wildman–Crippen MR) is 94.2 cm³/mol. The fourth-order valence-electron chi connectivity index (χ4n) is 2.21. The van der Waals surface area contributed by atoms with E-state index in [1.165, 1.54) is 0 Å². The third-order valence-electron chi connectivity index (χ3n) is 3.55. The molecule has 0 aromatic heterocycles. The number of carbonyl (C=O) groups is 2. The molecule has 0 radical (unpaired) electrons. The molecular weight excluding hydrogens is 322 g/mol. The van der Waals surface area contributed by atoms with Gasteiger partial charge >= 0.3 is 5.97 Å². The van der Waals surface area contributed by atoms with E-state index in [-0.39, 0.29) is 12.5 Å². The summed E-state index contributed by atoms with van der Waals surface area (Å²) < 4.78 is 10.9. The van der Waals surface area contributed by atoms with E-state index < -0.39 is 11.9 Å². The summed E-state index contributed by atoms with van der Waals surface area (Å²) >= 11 is 0. The summed E-state index contributed by atoms with van der Waals surface area (Å²) in [5.74, 6) is -0.834. The number of benzene rings is 2. The van der Waals surface area contributed by atoms with Crippen molar-refractivity contribution in [3.63, 3.8) is 0 Å². The highest BCUT2D eigenvalue weighted by atomic mass is 16.5. The molecular formula is C19H21NO5. The standard InChI is InChI=1S/C19H21NO5/c1-3-24-16-9-4-5-10-17(16)25-12-18(21)20-15-8-6-7-14(11-15)13(2)19(22)23/h4-11,13H,3,12H2,1-2H3,(H,20,21)(H,22,23). The van der Waals surface area contributed by atoms with Gasteiger partial charge in [-0.15, -0.1) is 0 Å². The molecule has 1 amide bonds. The fraction of sp³-hybridized carbons (Fsp3) is 0.263. The zero-order chi connectivity index (χ0) is 18.2. The van der Waals surface area contributed by atoms with Crippen LogP contribution in [0, 0.1) is 0 Å². The molecule has 2 rings (SSSR count). The van der Waals surface area contributed by atoms with Crippen LogP contribution in [-0.2, 0) is 9.59 Å². The molecule has 0 bridgehead atoms. The van der Waals surface area contributed by atoms with Gasteiger partial charge in [0.25, 0.3) is 5.91 Å². The van der Waals surface area contributed by atoms with Crippen molar-refractivity contribution < 1.29 is 24.2 Å². The predicted octanol–water partition coefficient (Wildman–Crippen LogP) is 3.29. The first-order valence-corrected chi connectivity index (χ1v) is 7.98. The smallest absolute Gasteiger partial charge is 0.310 e. The number of rotatable bonds is 8. The van der Waals surface area contributed by atoms with Crippen LogP contribution in [0.2, 0.25) is 0 Å². The van der Waals surface area contributed by atoms with Gasteiger partial charge in [0.1, 0.15) is 0 Å². The number of aliphatic carboxylic acids is 1. The van der Waals surface area contributed by atoms with E-state index in [4.69, 9.17) is 14.6 Å². The van der Waals surface area contributed by atoms with Gasteiger partial charge in [0.15, 0.2) is 18.1 Å². The number of nitrogens with one attached hydrogen (secondary N) is 1. The molecule has 0 fully saturated rings. The number of amides is 1. The van der Waals surface area contributed by atoms with Crippen LogP contribution in [0.1, 0.15) is 25.3 Å². The van der Waals surface area contributed by atoms with E-state index >= 15 is 0 Å². The molecule has 0 aliphatic rings. The number of carboxylic acid groups (broad SMARTS) is 1. The normalized spacial score (nSPS) is 11.4. The Balaban J connectivity index is 1.97. The first kappa shape index (κ1) is 18.3. The summed E-state index contributed by atoms with van der Waals surface area (Å²) in [7, 11) is 0. The lowest BCUT2D eigenvalue weighted by molar-refractivity contribution is -0.138. The number of anilines is 1. The highest BCUT2D eigenvalue weighted by Crippen LogP contribution is 2.26. The molecule has 25 heavy (non-hydrogen) atoms. The van der Waals surface area contributed by atoms with Crippen molar-refractivity contribution in [2.75, 3.05) is 18.5 Å². The Morgan fingerprint density at radius 2 is 1.76 bits per heavy atom. The van der Waals surface area contributed by atoms with E-state index in [1.54, 1.807) is 49.4 Å². The van der Waals surface area contributed by atoms with Crippen molar-refractivity contribution in [2.45, 2.75) is 19.8 Å². The fourth-order valence-corrected chi connectivity index (χ4v) is 2.21. The van der Waals surface area contributed by atoms with Crippen LogP contribution in [0.4, 0.5) is 5.69 Å². The molecule has 0 aliphatic carbocycles. The minimum absolute atomic E-state index is 0.178. The Kier molecular flexibility index (Phi) is 6.39. The number of carboxylic acids is 1. The van der Waals surface area contributed by atoms with Crippen molar-refractivity contribution in [1.82, 2.24) is 0 Å². The number of carbonyl (C=O) groups excluding carboxylic acids is 1. The van der Waals surface area contributed by atoms with Crippen LogP contribution >= 0.6 is 0 Å². The van der Waals surface area contributed by atoms with E-state index in [9.17, 15) is 9.59 Å². The molecule has 132 valence electrons. The van der Waals surface area contributed by atoms with Gasteiger partial charge in [-0.2, -0.15) is 0 Å². The zero-order valence-corrected chi connectivity index (χ0v) is 14.2. The highest BCUT2D eigenvalue weighted by molar-refractivity contribution is 5.92. The van der Waals surface area contributed by atoms with Crippen LogP contribution in [0.5, 0.6) is 11.5 Å². The van der Waals surface area contributed by atoms with Crippen LogP contribution in [-0.4, -0.2) is 30.2 Å². The third kappa shape index (κ3) is 5.24. The Hall–Kier alpha value is -3.02. The van der Waals surface area contributed by atoms with E-state index in [2.05, 4.69) is 5.32 Å². The molecule has 0 saturated heterocycles. The average Bonchev–Trinajstić information content (AvgIpc) is 2.60. The molecule has 6 nitrogen and oxygen atoms in total. The van der Waals surface area contributed by atoms with Crippen molar-refractivity contribution in [3.05, 3.63) is 54.1 Å². The Labute approximate surface area is 146 Å². The zero-order valence-electron chi connectivity index (χ0n) is 14.2. The van der Waals surface area contributed by atoms with Crippen LogP contribution in [0.15, 0.2) is 48.5 Å². The van der Waals surface area contributed by atoms with Crippen LogP contribution < -0.4 is 14.8 Å². The molecule has 1 atom stereocenters. The van der Waals surface area contributed by atoms with Gasteiger partial charge in [0.2, 0.25) is 0 Å². The molecule has 0 aliphatic heterocycles. The van der Waals surface area contributed by atoms with Crippen LogP contribution in [0.3, 0.4) is 0 Å². The number of hydrogen-bond donors (Lipinski definition) is 2. The van der Waals surface area contributed by atoms with E-state index in [0.29, 0.717) is 29.4 Å². The molecule has 2 aromatic carbocycles. The first-order chi connectivity index (χ1) is 12.0. The van der Waals surface area contributed by atoms with Gasteiger partial charge in [-0.25, -0.2) is 0 Å². The first-order valence-electron chi connectivity index (χ1n) is 7.98. The van der Waals surface area contributed by atoms with E-state index in [0.717, 1.165) is 0 Å². The maximum Gasteiger partial charge on any atom is 0.310 e. The molecule has 0 spiro atoms. The summed E-state index contributed by atoms with van der Waals surface area (Å²) in [6.45, 7) is 3.79. The second-order valence-electron chi connectivity index (χ2n) is 5.40. The Morgan fingerprint density at radius 3 is 2.40 bits per heavy atom. The van der Waals surface area contributed by atoms with Gasteiger partial charge in [0.05, 0.1) is 12.5 Å². The second kappa shape index (κ2) is 8.73. The summed E-state index contributed by atoms with van der Waals surface area (Å²) in [5.41, 5.74) is 1.14. The summed E-state index contributed by atoms with van der Waals surface area (Å²) in [5, 5.41) is 11.8. The number of para-hydroxylation sites is 2. The van der Waals surface area contributed by atoms with Gasteiger partial charge < -0.3 is 19.9 Å². The minimum atomic E-state index is -0.917. The van der Waals surface area contributed by atoms with Gasteiger partial charge in [-0.05, 0) is 43.7 Å². The van der Waals surface area contributed by atoms with Crippen molar-refractivity contribution in [2.24, 2.45) is 0 Å². The second-order valence-corrected chi connectivity index (χ2v) is 5.40. The molecule has 2 N–H and O–H groups in total. The summed E-state index contributed by atoms with van der Waals surface area (Å²) in [6.07, 6.45) is 0. The van der Waals surface area contributed by atoms with Crippen molar-refractivity contribution >= 4 is 17.6 Å². The lowest BCUT2D eigenvalue weighted by Crippen LogP contribution is -2.20. The third-order valence-corrected chi connectivity index (χ3v) is 3.55.